The first kappa shape index (κ1) is 17.3. The van der Waals surface area contributed by atoms with Crippen LogP contribution < -0.4 is 4.90 Å². The molecule has 0 radical (unpaired) electrons. The first-order valence-corrected chi connectivity index (χ1v) is 9.02. The van der Waals surface area contributed by atoms with Crippen LogP contribution >= 0.6 is 0 Å². The predicted molar refractivity (Wildman–Crippen MR) is 103 cm³/mol. The van der Waals surface area contributed by atoms with Gasteiger partial charge in [0.25, 0.3) is 5.91 Å². The van der Waals surface area contributed by atoms with Gasteiger partial charge in [-0.25, -0.2) is 4.98 Å². The molecule has 0 aliphatic carbocycles. The summed E-state index contributed by atoms with van der Waals surface area (Å²) in [6, 6.07) is 15.5. The largest absolute Gasteiger partial charge is 0.454 e. The lowest BCUT2D eigenvalue weighted by Gasteiger charge is -2.22. The first-order valence-electron chi connectivity index (χ1n) is 9.02. The lowest BCUT2D eigenvalue weighted by molar-refractivity contribution is -0.148. The average Bonchev–Trinajstić information content (AvgIpc) is 3.16. The maximum Gasteiger partial charge on any atom is 0.326 e. The Bertz CT molecular complexity index is 1020. The van der Waals surface area contributed by atoms with Gasteiger partial charge in [0.1, 0.15) is 12.4 Å². The summed E-state index contributed by atoms with van der Waals surface area (Å²) in [5, 5.41) is 0. The molecule has 1 atom stereocenters. The van der Waals surface area contributed by atoms with Gasteiger partial charge in [0, 0.05) is 11.7 Å². The number of carbonyl (C=O) groups is 2. The van der Waals surface area contributed by atoms with Gasteiger partial charge in [-0.15, -0.1) is 0 Å². The minimum absolute atomic E-state index is 0.0335. The molecule has 2 aromatic carbocycles. The molecule has 0 N–H and O–H groups in total. The van der Waals surface area contributed by atoms with E-state index in [1.54, 1.807) is 9.47 Å². The predicted octanol–water partition coefficient (Wildman–Crippen LogP) is 2.87. The van der Waals surface area contributed by atoms with E-state index in [0.717, 1.165) is 34.5 Å². The molecular formula is C21H21N3O3. The van der Waals surface area contributed by atoms with E-state index in [-0.39, 0.29) is 25.1 Å². The summed E-state index contributed by atoms with van der Waals surface area (Å²) in [5.74, 6) is 0.0873. The molecule has 0 saturated heterocycles. The molecule has 6 nitrogen and oxygen atoms in total. The quantitative estimate of drug-likeness (QED) is 0.669. The van der Waals surface area contributed by atoms with Crippen LogP contribution in [-0.4, -0.2) is 34.1 Å². The van der Waals surface area contributed by atoms with E-state index in [1.807, 2.05) is 62.4 Å². The zero-order chi connectivity index (χ0) is 19.0. The van der Waals surface area contributed by atoms with Crippen molar-refractivity contribution in [3.63, 3.8) is 0 Å². The summed E-state index contributed by atoms with van der Waals surface area (Å²) in [6.07, 6.45) is 0.816. The van der Waals surface area contributed by atoms with Gasteiger partial charge in [-0.05, 0) is 44.0 Å². The summed E-state index contributed by atoms with van der Waals surface area (Å²) in [5.41, 5.74) is 3.76. The van der Waals surface area contributed by atoms with Gasteiger partial charge in [0.05, 0.1) is 11.0 Å². The van der Waals surface area contributed by atoms with Gasteiger partial charge in [-0.2, -0.15) is 0 Å². The van der Waals surface area contributed by atoms with Crippen molar-refractivity contribution in [1.29, 1.82) is 0 Å². The Morgan fingerprint density at radius 1 is 1.15 bits per heavy atom. The molecule has 1 aliphatic heterocycles. The van der Waals surface area contributed by atoms with Crippen molar-refractivity contribution in [3.8, 4) is 0 Å². The zero-order valence-electron chi connectivity index (χ0n) is 15.4. The monoisotopic (exact) mass is 363 g/mol. The Hall–Kier alpha value is -3.15. The molecule has 1 unspecified atom stereocenters. The number of imidazole rings is 1. The maximum absolute atomic E-state index is 12.6. The standard InChI is InChI=1S/C21H21N3O3/c1-14-11-16-7-3-5-9-18(16)24(14)20(25)13-27-21(26)12-23-15(2)22-17-8-4-6-10-19(17)23/h3-10,14H,11-13H2,1-2H3. The smallest absolute Gasteiger partial charge is 0.326 e. The molecule has 138 valence electrons. The van der Waals surface area contributed by atoms with Crippen LogP contribution in [0.2, 0.25) is 0 Å². The number of anilines is 1. The fourth-order valence-electron chi connectivity index (χ4n) is 3.73. The highest BCUT2D eigenvalue weighted by molar-refractivity contribution is 5.97. The molecule has 2 heterocycles. The number of ether oxygens (including phenoxy) is 1. The highest BCUT2D eigenvalue weighted by Crippen LogP contribution is 2.31. The Kier molecular flexibility index (Phi) is 4.39. The van der Waals surface area contributed by atoms with Gasteiger partial charge >= 0.3 is 5.97 Å². The number of para-hydroxylation sites is 3. The average molecular weight is 363 g/mol. The molecular weight excluding hydrogens is 342 g/mol. The second-order valence-corrected chi connectivity index (χ2v) is 6.84. The minimum Gasteiger partial charge on any atom is -0.454 e. The molecule has 0 saturated carbocycles. The van der Waals surface area contributed by atoms with Crippen LogP contribution in [0.15, 0.2) is 48.5 Å². The van der Waals surface area contributed by atoms with Crippen molar-refractivity contribution in [2.75, 3.05) is 11.5 Å². The fraction of sp³-hybridized carbons (Fsp3) is 0.286. The third-order valence-electron chi connectivity index (χ3n) is 4.97. The van der Waals surface area contributed by atoms with Crippen LogP contribution in [0.3, 0.4) is 0 Å². The molecule has 1 aliphatic rings. The molecule has 3 aromatic rings. The van der Waals surface area contributed by atoms with Crippen molar-refractivity contribution in [1.82, 2.24) is 9.55 Å². The van der Waals surface area contributed by atoms with E-state index in [4.69, 9.17) is 4.74 Å². The van der Waals surface area contributed by atoms with Crippen LogP contribution in [0.4, 0.5) is 5.69 Å². The zero-order valence-corrected chi connectivity index (χ0v) is 15.4. The maximum atomic E-state index is 12.6. The van der Waals surface area contributed by atoms with E-state index < -0.39 is 5.97 Å². The van der Waals surface area contributed by atoms with E-state index in [0.29, 0.717) is 0 Å². The minimum atomic E-state index is -0.449. The molecule has 0 bridgehead atoms. The Morgan fingerprint density at radius 2 is 1.89 bits per heavy atom. The third kappa shape index (κ3) is 3.18. The topological polar surface area (TPSA) is 64.4 Å². The highest BCUT2D eigenvalue weighted by Gasteiger charge is 2.31. The first-order chi connectivity index (χ1) is 13.0. The van der Waals surface area contributed by atoms with E-state index in [9.17, 15) is 9.59 Å². The third-order valence-corrected chi connectivity index (χ3v) is 4.97. The molecule has 6 heteroatoms. The summed E-state index contributed by atoms with van der Waals surface area (Å²) >= 11 is 0. The number of esters is 1. The molecule has 0 fully saturated rings. The summed E-state index contributed by atoms with van der Waals surface area (Å²) in [4.78, 5) is 31.1. The van der Waals surface area contributed by atoms with E-state index in [1.165, 1.54) is 0 Å². The summed E-state index contributed by atoms with van der Waals surface area (Å²) < 4.78 is 7.08. The number of amides is 1. The van der Waals surface area contributed by atoms with Gasteiger partial charge < -0.3 is 14.2 Å². The van der Waals surface area contributed by atoms with Crippen LogP contribution in [0.5, 0.6) is 0 Å². The second kappa shape index (κ2) is 6.87. The van der Waals surface area contributed by atoms with Crippen LogP contribution in [-0.2, 0) is 27.3 Å². The summed E-state index contributed by atoms with van der Waals surface area (Å²) in [7, 11) is 0. The van der Waals surface area contributed by atoms with Crippen molar-refractivity contribution < 1.29 is 14.3 Å². The van der Waals surface area contributed by atoms with Crippen LogP contribution in [0.25, 0.3) is 11.0 Å². The van der Waals surface area contributed by atoms with Crippen molar-refractivity contribution in [3.05, 3.63) is 59.9 Å². The number of hydrogen-bond donors (Lipinski definition) is 0. The Balaban J connectivity index is 1.42. The van der Waals surface area contributed by atoms with E-state index in [2.05, 4.69) is 4.98 Å². The SMILES string of the molecule is Cc1nc2ccccc2n1CC(=O)OCC(=O)N1c2ccccc2CC1C. The normalized spacial score (nSPS) is 15.8. The second-order valence-electron chi connectivity index (χ2n) is 6.84. The molecule has 1 aromatic heterocycles. The molecule has 27 heavy (non-hydrogen) atoms. The summed E-state index contributed by atoms with van der Waals surface area (Å²) in [6.45, 7) is 3.62. The molecule has 4 rings (SSSR count). The van der Waals surface area contributed by atoms with E-state index >= 15 is 0 Å². The lowest BCUT2D eigenvalue weighted by Crippen LogP contribution is -2.39. The number of nitrogens with zero attached hydrogens (tertiary/aromatic N) is 3. The van der Waals surface area contributed by atoms with Crippen LogP contribution in [0, 0.1) is 6.92 Å². The number of fused-ring (bicyclic) bond motifs is 2. The Labute approximate surface area is 157 Å². The van der Waals surface area contributed by atoms with Gasteiger partial charge in [0.2, 0.25) is 0 Å². The number of rotatable bonds is 4. The number of aromatic nitrogens is 2. The van der Waals surface area contributed by atoms with Gasteiger partial charge in [0.15, 0.2) is 6.61 Å². The number of hydrogen-bond acceptors (Lipinski definition) is 4. The number of benzene rings is 2. The van der Waals surface area contributed by atoms with Crippen molar-refractivity contribution in [2.45, 2.75) is 32.9 Å². The fourth-order valence-corrected chi connectivity index (χ4v) is 3.73. The van der Waals surface area contributed by atoms with Crippen molar-refractivity contribution in [2.24, 2.45) is 0 Å². The molecule has 0 spiro atoms. The van der Waals surface area contributed by atoms with Crippen LogP contribution in [0.1, 0.15) is 18.3 Å². The lowest BCUT2D eigenvalue weighted by atomic mass is 10.1. The highest BCUT2D eigenvalue weighted by atomic mass is 16.5. The number of carbonyl (C=O) groups excluding carboxylic acids is 2. The molecule has 1 amide bonds. The van der Waals surface area contributed by atoms with Crippen molar-refractivity contribution >= 4 is 28.6 Å². The number of aryl methyl sites for hydroxylation is 1. The van der Waals surface area contributed by atoms with Gasteiger partial charge in [-0.1, -0.05) is 30.3 Å². The van der Waals surface area contributed by atoms with Gasteiger partial charge in [-0.3, -0.25) is 9.59 Å². The Morgan fingerprint density at radius 3 is 2.74 bits per heavy atom.